The maximum absolute atomic E-state index is 12.8. The summed E-state index contributed by atoms with van der Waals surface area (Å²) >= 11 is 0. The van der Waals surface area contributed by atoms with Gasteiger partial charge >= 0.3 is 0 Å². The van der Waals surface area contributed by atoms with Crippen molar-refractivity contribution in [2.45, 2.75) is 26.2 Å². The lowest BCUT2D eigenvalue weighted by Crippen LogP contribution is -2.38. The fourth-order valence-corrected chi connectivity index (χ4v) is 3.43. The Labute approximate surface area is 152 Å². The summed E-state index contributed by atoms with van der Waals surface area (Å²) in [5.41, 5.74) is 3.36. The van der Waals surface area contributed by atoms with Crippen molar-refractivity contribution in [1.29, 1.82) is 0 Å². The molecule has 4 heterocycles. The van der Waals surface area contributed by atoms with Crippen molar-refractivity contribution in [3.05, 3.63) is 78.3 Å². The van der Waals surface area contributed by atoms with Crippen molar-refractivity contribution in [3.8, 4) is 0 Å². The molecular formula is C20H22N4O2. The van der Waals surface area contributed by atoms with E-state index in [-0.39, 0.29) is 11.8 Å². The van der Waals surface area contributed by atoms with Crippen LogP contribution < -0.4 is 5.32 Å². The Hall–Kier alpha value is -2.86. The summed E-state index contributed by atoms with van der Waals surface area (Å²) in [7, 11) is 0. The molecule has 3 aromatic rings. The van der Waals surface area contributed by atoms with Crippen molar-refractivity contribution in [3.63, 3.8) is 0 Å². The molecule has 0 saturated carbocycles. The number of hydrogen-bond donors (Lipinski definition) is 1. The number of nitrogens with one attached hydrogen (secondary N) is 1. The Morgan fingerprint density at radius 1 is 1.23 bits per heavy atom. The van der Waals surface area contributed by atoms with Gasteiger partial charge in [0.25, 0.3) is 0 Å². The summed E-state index contributed by atoms with van der Waals surface area (Å²) in [6, 6.07) is 9.99. The number of rotatable bonds is 5. The number of pyridine rings is 1. The normalized spacial score (nSPS) is 17.5. The van der Waals surface area contributed by atoms with Crippen LogP contribution in [0, 0.1) is 5.92 Å². The summed E-state index contributed by atoms with van der Waals surface area (Å²) in [6.45, 7) is 3.51. The molecule has 0 unspecified atom stereocenters. The van der Waals surface area contributed by atoms with Crippen LogP contribution in [0.25, 0.3) is 0 Å². The first-order valence-corrected chi connectivity index (χ1v) is 8.82. The van der Waals surface area contributed by atoms with Crippen molar-refractivity contribution >= 4 is 5.91 Å². The molecular weight excluding hydrogens is 328 g/mol. The number of fused-ring (bicyclic) bond motifs is 1. The van der Waals surface area contributed by atoms with Crippen LogP contribution in [0.1, 0.15) is 16.8 Å². The second-order valence-electron chi connectivity index (χ2n) is 6.73. The van der Waals surface area contributed by atoms with Gasteiger partial charge in [-0.05, 0) is 29.8 Å². The van der Waals surface area contributed by atoms with Crippen LogP contribution in [0.4, 0.5) is 0 Å². The molecule has 0 saturated heterocycles. The van der Waals surface area contributed by atoms with E-state index in [1.807, 2.05) is 24.3 Å². The van der Waals surface area contributed by atoms with Gasteiger partial charge in [-0.1, -0.05) is 6.07 Å². The van der Waals surface area contributed by atoms with E-state index in [2.05, 4.69) is 32.0 Å². The highest BCUT2D eigenvalue weighted by Gasteiger charge is 2.26. The highest BCUT2D eigenvalue weighted by atomic mass is 16.3. The zero-order chi connectivity index (χ0) is 17.8. The Kier molecular flexibility index (Phi) is 4.84. The SMILES string of the molecule is O=C(NCc1cccnc1)[C@@H]1CN(Cc2ccoc2)Cc2cccn2C1. The maximum Gasteiger partial charge on any atom is 0.226 e. The van der Waals surface area contributed by atoms with Gasteiger partial charge in [0.05, 0.1) is 18.4 Å². The van der Waals surface area contributed by atoms with E-state index in [1.165, 1.54) is 5.69 Å². The number of hydrogen-bond acceptors (Lipinski definition) is 4. The van der Waals surface area contributed by atoms with Crippen LogP contribution in [0.2, 0.25) is 0 Å². The molecule has 0 bridgehead atoms. The molecule has 6 heteroatoms. The van der Waals surface area contributed by atoms with E-state index >= 15 is 0 Å². The monoisotopic (exact) mass is 350 g/mol. The predicted molar refractivity (Wildman–Crippen MR) is 96.8 cm³/mol. The number of furan rings is 1. The summed E-state index contributed by atoms with van der Waals surface area (Å²) in [6.07, 6.45) is 9.02. The topological polar surface area (TPSA) is 63.3 Å². The van der Waals surface area contributed by atoms with Gasteiger partial charge in [0.15, 0.2) is 0 Å². The number of nitrogens with zero attached hydrogens (tertiary/aromatic N) is 3. The van der Waals surface area contributed by atoms with E-state index in [0.717, 1.165) is 24.2 Å². The Morgan fingerprint density at radius 2 is 2.19 bits per heavy atom. The number of aromatic nitrogens is 2. The quantitative estimate of drug-likeness (QED) is 0.768. The molecule has 1 aliphatic heterocycles. The standard InChI is InChI=1S/C20H22N4O2/c25-20(22-10-16-3-1-6-21-9-16)18-12-23(11-17-5-8-26-15-17)14-19-4-2-7-24(19)13-18/h1-9,15,18H,10-14H2,(H,22,25)/t18-/m1/s1. The maximum atomic E-state index is 12.8. The molecule has 1 amide bonds. The second-order valence-corrected chi connectivity index (χ2v) is 6.73. The minimum atomic E-state index is -0.104. The fraction of sp³-hybridized carbons (Fsp3) is 0.300. The van der Waals surface area contributed by atoms with E-state index < -0.39 is 0 Å². The third-order valence-electron chi connectivity index (χ3n) is 4.75. The minimum Gasteiger partial charge on any atom is -0.472 e. The zero-order valence-corrected chi connectivity index (χ0v) is 14.5. The molecule has 0 spiro atoms. The summed E-state index contributed by atoms with van der Waals surface area (Å²) in [4.78, 5) is 19.2. The molecule has 0 aromatic carbocycles. The first kappa shape index (κ1) is 16.6. The molecule has 26 heavy (non-hydrogen) atoms. The van der Waals surface area contributed by atoms with Crippen LogP contribution in [0.5, 0.6) is 0 Å². The van der Waals surface area contributed by atoms with E-state index in [0.29, 0.717) is 19.6 Å². The smallest absolute Gasteiger partial charge is 0.226 e. The Bertz CT molecular complexity index is 842. The van der Waals surface area contributed by atoms with Crippen molar-refractivity contribution in [1.82, 2.24) is 19.8 Å². The van der Waals surface area contributed by atoms with Gasteiger partial charge in [-0.3, -0.25) is 14.7 Å². The molecule has 1 atom stereocenters. The lowest BCUT2D eigenvalue weighted by molar-refractivity contribution is -0.126. The number of carbonyl (C=O) groups excluding carboxylic acids is 1. The molecule has 1 aliphatic rings. The van der Waals surface area contributed by atoms with Crippen LogP contribution >= 0.6 is 0 Å². The van der Waals surface area contributed by atoms with Crippen molar-refractivity contribution < 1.29 is 9.21 Å². The molecule has 0 fully saturated rings. The molecule has 0 aliphatic carbocycles. The summed E-state index contributed by atoms with van der Waals surface area (Å²) in [5, 5.41) is 3.06. The van der Waals surface area contributed by atoms with Gasteiger partial charge in [0.2, 0.25) is 5.91 Å². The average molecular weight is 350 g/mol. The predicted octanol–water partition coefficient (Wildman–Crippen LogP) is 2.42. The second kappa shape index (κ2) is 7.58. The van der Waals surface area contributed by atoms with E-state index in [9.17, 15) is 4.79 Å². The zero-order valence-electron chi connectivity index (χ0n) is 14.5. The highest BCUT2D eigenvalue weighted by Crippen LogP contribution is 2.19. The van der Waals surface area contributed by atoms with Crippen LogP contribution in [-0.4, -0.2) is 26.9 Å². The van der Waals surface area contributed by atoms with Crippen molar-refractivity contribution in [2.75, 3.05) is 6.54 Å². The van der Waals surface area contributed by atoms with Gasteiger partial charge in [0, 0.05) is 62.6 Å². The number of amides is 1. The summed E-state index contributed by atoms with van der Waals surface area (Å²) in [5.74, 6) is -0.0279. The molecule has 1 N–H and O–H groups in total. The Morgan fingerprint density at radius 3 is 3.00 bits per heavy atom. The van der Waals surface area contributed by atoms with Crippen LogP contribution in [-0.2, 0) is 31.0 Å². The van der Waals surface area contributed by atoms with Crippen molar-refractivity contribution in [2.24, 2.45) is 5.92 Å². The number of carbonyl (C=O) groups is 1. The van der Waals surface area contributed by atoms with Gasteiger partial charge in [-0.25, -0.2) is 0 Å². The molecule has 6 nitrogen and oxygen atoms in total. The van der Waals surface area contributed by atoms with E-state index in [4.69, 9.17) is 4.42 Å². The third kappa shape index (κ3) is 3.86. The molecule has 4 rings (SSSR count). The van der Waals surface area contributed by atoms with Gasteiger partial charge < -0.3 is 14.3 Å². The van der Waals surface area contributed by atoms with E-state index in [1.54, 1.807) is 24.9 Å². The fourth-order valence-electron chi connectivity index (χ4n) is 3.43. The van der Waals surface area contributed by atoms with Crippen LogP contribution in [0.15, 0.2) is 65.9 Å². The average Bonchev–Trinajstić information content (AvgIpc) is 3.29. The molecule has 0 radical (unpaired) electrons. The lowest BCUT2D eigenvalue weighted by atomic mass is 10.1. The lowest BCUT2D eigenvalue weighted by Gasteiger charge is -2.23. The van der Waals surface area contributed by atoms with Gasteiger partial charge in [-0.2, -0.15) is 0 Å². The highest BCUT2D eigenvalue weighted by molar-refractivity contribution is 5.78. The molecule has 134 valence electrons. The first-order chi connectivity index (χ1) is 12.8. The Balaban J connectivity index is 1.46. The molecule has 3 aromatic heterocycles. The van der Waals surface area contributed by atoms with Gasteiger partial charge in [-0.15, -0.1) is 0 Å². The van der Waals surface area contributed by atoms with Crippen LogP contribution in [0.3, 0.4) is 0 Å². The third-order valence-corrected chi connectivity index (χ3v) is 4.75. The summed E-state index contributed by atoms with van der Waals surface area (Å²) < 4.78 is 7.37. The minimum absolute atomic E-state index is 0.0765. The largest absolute Gasteiger partial charge is 0.472 e. The van der Waals surface area contributed by atoms with Gasteiger partial charge in [0.1, 0.15) is 0 Å². The first-order valence-electron chi connectivity index (χ1n) is 8.82.